The Morgan fingerprint density at radius 1 is 1.06 bits per heavy atom. The summed E-state index contributed by atoms with van der Waals surface area (Å²) in [6.07, 6.45) is 0.697. The highest BCUT2D eigenvalue weighted by Crippen LogP contribution is 2.27. The van der Waals surface area contributed by atoms with Gasteiger partial charge in [-0.25, -0.2) is 8.70 Å². The van der Waals surface area contributed by atoms with Crippen LogP contribution < -0.4 is 9.62 Å². The van der Waals surface area contributed by atoms with E-state index in [9.17, 15) is 22.4 Å². The summed E-state index contributed by atoms with van der Waals surface area (Å²) in [5.74, 6) is -1.64. The standard InChI is InChI=1S/C23H29Cl2FN4O4S/c1-5-13-27-23(32)16(2)29(14-19-20(24)7-6-8-21(19)25)22(31)15-30(35(33,34)28(3)4)18-11-9-17(26)10-12-18/h6-12,16H,5,13-15H2,1-4H3,(H,27,32). The molecule has 0 saturated heterocycles. The summed E-state index contributed by atoms with van der Waals surface area (Å²) < 4.78 is 41.4. The van der Waals surface area contributed by atoms with Gasteiger partial charge in [0, 0.05) is 42.8 Å². The van der Waals surface area contributed by atoms with Gasteiger partial charge in [0.25, 0.3) is 0 Å². The van der Waals surface area contributed by atoms with Crippen LogP contribution >= 0.6 is 23.2 Å². The van der Waals surface area contributed by atoms with Gasteiger partial charge in [-0.15, -0.1) is 0 Å². The van der Waals surface area contributed by atoms with Crippen molar-refractivity contribution in [2.75, 3.05) is 31.5 Å². The third-order valence-electron chi connectivity index (χ3n) is 5.24. The van der Waals surface area contributed by atoms with E-state index in [2.05, 4.69) is 5.32 Å². The number of carbonyl (C=O) groups excluding carboxylic acids is 2. The zero-order valence-corrected chi connectivity index (χ0v) is 22.3. The van der Waals surface area contributed by atoms with Crippen molar-refractivity contribution in [3.63, 3.8) is 0 Å². The quantitative estimate of drug-likeness (QED) is 0.465. The van der Waals surface area contributed by atoms with Crippen LogP contribution in [0.25, 0.3) is 0 Å². The van der Waals surface area contributed by atoms with Crippen molar-refractivity contribution >= 4 is 50.9 Å². The largest absolute Gasteiger partial charge is 0.354 e. The van der Waals surface area contributed by atoms with E-state index < -0.39 is 40.4 Å². The van der Waals surface area contributed by atoms with E-state index in [0.717, 1.165) is 20.7 Å². The SMILES string of the molecule is CCCNC(=O)C(C)N(Cc1c(Cl)cccc1Cl)C(=O)CN(c1ccc(F)cc1)S(=O)(=O)N(C)C. The number of carbonyl (C=O) groups is 2. The van der Waals surface area contributed by atoms with E-state index in [0.29, 0.717) is 28.6 Å². The third kappa shape index (κ3) is 7.30. The maximum absolute atomic E-state index is 13.6. The Kier molecular flexibility index (Phi) is 10.3. The number of benzene rings is 2. The van der Waals surface area contributed by atoms with E-state index in [4.69, 9.17) is 23.2 Å². The molecule has 1 unspecified atom stereocenters. The van der Waals surface area contributed by atoms with Crippen molar-refractivity contribution in [2.24, 2.45) is 0 Å². The van der Waals surface area contributed by atoms with Crippen LogP contribution in [0.1, 0.15) is 25.8 Å². The number of rotatable bonds is 11. The number of hydrogen-bond acceptors (Lipinski definition) is 4. The molecule has 2 rings (SSSR count). The summed E-state index contributed by atoms with van der Waals surface area (Å²) in [4.78, 5) is 27.5. The molecule has 35 heavy (non-hydrogen) atoms. The van der Waals surface area contributed by atoms with E-state index in [1.54, 1.807) is 18.2 Å². The lowest BCUT2D eigenvalue weighted by molar-refractivity contribution is -0.139. The normalized spacial score (nSPS) is 12.3. The molecule has 0 spiro atoms. The predicted octanol–water partition coefficient (Wildman–Crippen LogP) is 3.69. The fraction of sp³-hybridized carbons (Fsp3) is 0.391. The summed E-state index contributed by atoms with van der Waals surface area (Å²) in [6.45, 7) is 3.08. The third-order valence-corrected chi connectivity index (χ3v) is 7.77. The first-order chi connectivity index (χ1) is 16.4. The minimum atomic E-state index is -4.14. The summed E-state index contributed by atoms with van der Waals surface area (Å²) in [5.41, 5.74) is 0.510. The van der Waals surface area contributed by atoms with Gasteiger partial charge in [0.1, 0.15) is 18.4 Å². The van der Waals surface area contributed by atoms with Gasteiger partial charge in [0.15, 0.2) is 0 Å². The van der Waals surface area contributed by atoms with Crippen molar-refractivity contribution in [3.8, 4) is 0 Å². The summed E-state index contributed by atoms with van der Waals surface area (Å²) in [7, 11) is -1.50. The summed E-state index contributed by atoms with van der Waals surface area (Å²) in [6, 6.07) is 8.62. The topological polar surface area (TPSA) is 90.0 Å². The molecule has 0 aliphatic carbocycles. The zero-order valence-electron chi connectivity index (χ0n) is 20.0. The number of halogens is 3. The summed E-state index contributed by atoms with van der Waals surface area (Å²) >= 11 is 12.6. The molecule has 1 N–H and O–H groups in total. The molecule has 0 aliphatic heterocycles. The number of hydrogen-bond donors (Lipinski definition) is 1. The highest BCUT2D eigenvalue weighted by molar-refractivity contribution is 7.90. The van der Waals surface area contributed by atoms with Gasteiger partial charge >= 0.3 is 10.2 Å². The maximum atomic E-state index is 13.6. The minimum absolute atomic E-state index is 0.0901. The Morgan fingerprint density at radius 3 is 2.14 bits per heavy atom. The van der Waals surface area contributed by atoms with E-state index >= 15 is 0 Å². The molecular weight excluding hydrogens is 518 g/mol. The molecular formula is C23H29Cl2FN4O4S. The number of nitrogens with one attached hydrogen (secondary N) is 1. The first-order valence-electron chi connectivity index (χ1n) is 10.9. The van der Waals surface area contributed by atoms with Crippen LogP contribution in [-0.4, -0.2) is 62.7 Å². The van der Waals surface area contributed by atoms with Crippen molar-refractivity contribution in [2.45, 2.75) is 32.9 Å². The van der Waals surface area contributed by atoms with E-state index in [-0.39, 0.29) is 12.2 Å². The molecule has 2 aromatic carbocycles. The molecule has 192 valence electrons. The van der Waals surface area contributed by atoms with Gasteiger partial charge in [0.05, 0.1) is 5.69 Å². The molecule has 2 amide bonds. The van der Waals surface area contributed by atoms with Crippen LogP contribution in [0.4, 0.5) is 10.1 Å². The van der Waals surface area contributed by atoms with Crippen LogP contribution in [0.3, 0.4) is 0 Å². The van der Waals surface area contributed by atoms with Crippen molar-refractivity contribution in [1.29, 1.82) is 0 Å². The lowest BCUT2D eigenvalue weighted by atomic mass is 10.1. The minimum Gasteiger partial charge on any atom is -0.354 e. The lowest BCUT2D eigenvalue weighted by Crippen LogP contribution is -2.52. The molecule has 1 atom stereocenters. The average molecular weight is 547 g/mol. The molecule has 0 fully saturated rings. The maximum Gasteiger partial charge on any atom is 0.304 e. The van der Waals surface area contributed by atoms with Crippen molar-refractivity contribution < 1.29 is 22.4 Å². The molecule has 2 aromatic rings. The lowest BCUT2D eigenvalue weighted by Gasteiger charge is -2.33. The second-order valence-electron chi connectivity index (χ2n) is 7.96. The number of nitrogens with zero attached hydrogens (tertiary/aromatic N) is 3. The fourth-order valence-corrected chi connectivity index (χ4v) is 4.73. The molecule has 0 heterocycles. The second-order valence-corrected chi connectivity index (χ2v) is 10.8. The van der Waals surface area contributed by atoms with Gasteiger partial charge in [-0.2, -0.15) is 12.7 Å². The fourth-order valence-electron chi connectivity index (χ4n) is 3.16. The van der Waals surface area contributed by atoms with Crippen LogP contribution in [0, 0.1) is 5.82 Å². The van der Waals surface area contributed by atoms with E-state index in [1.807, 2.05) is 6.92 Å². The molecule has 0 aliphatic rings. The van der Waals surface area contributed by atoms with Crippen LogP contribution in [0.5, 0.6) is 0 Å². The Morgan fingerprint density at radius 2 is 1.63 bits per heavy atom. The van der Waals surface area contributed by atoms with Gasteiger partial charge in [-0.3, -0.25) is 9.59 Å². The van der Waals surface area contributed by atoms with E-state index in [1.165, 1.54) is 38.1 Å². The predicted molar refractivity (Wildman–Crippen MR) is 136 cm³/mol. The average Bonchev–Trinajstić information content (AvgIpc) is 2.80. The number of amides is 2. The molecule has 8 nitrogen and oxygen atoms in total. The first kappa shape index (κ1) is 28.8. The molecule has 0 bridgehead atoms. The smallest absolute Gasteiger partial charge is 0.304 e. The number of anilines is 1. The Labute approximate surface area is 215 Å². The van der Waals surface area contributed by atoms with Crippen LogP contribution in [0.15, 0.2) is 42.5 Å². The Balaban J connectivity index is 2.49. The monoisotopic (exact) mass is 546 g/mol. The first-order valence-corrected chi connectivity index (χ1v) is 13.0. The van der Waals surface area contributed by atoms with Gasteiger partial charge < -0.3 is 10.2 Å². The van der Waals surface area contributed by atoms with Gasteiger partial charge in [0.2, 0.25) is 11.8 Å². The molecule has 0 saturated carbocycles. The summed E-state index contributed by atoms with van der Waals surface area (Å²) in [5, 5.41) is 3.34. The van der Waals surface area contributed by atoms with Gasteiger partial charge in [-0.05, 0) is 49.7 Å². The molecule has 0 radical (unpaired) electrons. The second kappa shape index (κ2) is 12.5. The molecule has 0 aromatic heterocycles. The Bertz CT molecular complexity index is 1130. The van der Waals surface area contributed by atoms with Crippen molar-refractivity contribution in [1.82, 2.24) is 14.5 Å². The Hall–Kier alpha value is -2.40. The van der Waals surface area contributed by atoms with Crippen molar-refractivity contribution in [3.05, 3.63) is 63.9 Å². The zero-order chi connectivity index (χ0) is 26.3. The highest BCUT2D eigenvalue weighted by Gasteiger charge is 2.33. The van der Waals surface area contributed by atoms with Crippen LogP contribution in [0.2, 0.25) is 10.0 Å². The molecule has 12 heteroatoms. The van der Waals surface area contributed by atoms with Gasteiger partial charge in [-0.1, -0.05) is 36.2 Å². The highest BCUT2D eigenvalue weighted by atomic mass is 35.5. The van der Waals surface area contributed by atoms with Crippen LogP contribution in [-0.2, 0) is 26.3 Å².